The normalized spacial score (nSPS) is 11.1. The van der Waals surface area contributed by atoms with E-state index in [-0.39, 0.29) is 5.78 Å². The van der Waals surface area contributed by atoms with Crippen LogP contribution in [0.4, 0.5) is 0 Å². The molecular formula is C14H10Cl2O2. The Balaban J connectivity index is 2.21. The third kappa shape index (κ3) is 2.84. The molecular weight excluding hydrogens is 271 g/mol. The molecule has 0 amide bonds. The minimum atomic E-state index is -0.209. The zero-order valence-corrected chi connectivity index (χ0v) is 11.1. The summed E-state index contributed by atoms with van der Waals surface area (Å²) in [4.78, 5) is 11.8. The average molecular weight is 281 g/mol. The Morgan fingerprint density at radius 3 is 2.67 bits per heavy atom. The summed E-state index contributed by atoms with van der Waals surface area (Å²) in [6.45, 7) is 1.79. The van der Waals surface area contributed by atoms with Gasteiger partial charge in [0.2, 0.25) is 5.78 Å². The number of carbonyl (C=O) groups is 1. The zero-order valence-electron chi connectivity index (χ0n) is 9.61. The molecule has 4 heteroatoms. The molecule has 1 aromatic carbocycles. The highest BCUT2D eigenvalue weighted by Gasteiger charge is 2.07. The largest absolute Gasteiger partial charge is 0.458 e. The summed E-state index contributed by atoms with van der Waals surface area (Å²) in [5, 5.41) is 0.888. The van der Waals surface area contributed by atoms with Crippen LogP contribution >= 0.6 is 23.2 Å². The quantitative estimate of drug-likeness (QED) is 0.598. The topological polar surface area (TPSA) is 30.2 Å². The Kier molecular flexibility index (Phi) is 3.90. The summed E-state index contributed by atoms with van der Waals surface area (Å²) in [7, 11) is 0. The van der Waals surface area contributed by atoms with E-state index in [4.69, 9.17) is 27.6 Å². The van der Waals surface area contributed by atoms with Crippen molar-refractivity contribution < 1.29 is 9.21 Å². The van der Waals surface area contributed by atoms with Crippen LogP contribution in [0.15, 0.2) is 40.8 Å². The van der Waals surface area contributed by atoms with Crippen molar-refractivity contribution in [3.05, 3.63) is 63.5 Å². The first-order valence-electron chi connectivity index (χ1n) is 5.31. The molecule has 0 N–H and O–H groups in total. The van der Waals surface area contributed by atoms with Gasteiger partial charge >= 0.3 is 0 Å². The Hall–Kier alpha value is -1.51. The second-order valence-corrected chi connectivity index (χ2v) is 4.54. The fourth-order valence-corrected chi connectivity index (χ4v) is 1.83. The number of halogens is 2. The highest BCUT2D eigenvalue weighted by atomic mass is 35.5. The van der Waals surface area contributed by atoms with Crippen molar-refractivity contribution in [2.75, 3.05) is 0 Å². The van der Waals surface area contributed by atoms with Crippen molar-refractivity contribution in [2.24, 2.45) is 0 Å². The van der Waals surface area contributed by atoms with E-state index in [1.807, 2.05) is 0 Å². The molecule has 0 fully saturated rings. The highest BCUT2D eigenvalue weighted by molar-refractivity contribution is 6.42. The van der Waals surface area contributed by atoms with E-state index in [9.17, 15) is 4.79 Å². The van der Waals surface area contributed by atoms with Crippen LogP contribution in [0.5, 0.6) is 0 Å². The first-order valence-corrected chi connectivity index (χ1v) is 6.06. The molecule has 2 aromatic rings. The molecule has 0 saturated heterocycles. The van der Waals surface area contributed by atoms with Gasteiger partial charge in [-0.05, 0) is 42.8 Å². The smallest absolute Gasteiger partial charge is 0.221 e. The maximum atomic E-state index is 11.8. The highest BCUT2D eigenvalue weighted by Crippen LogP contribution is 2.26. The maximum Gasteiger partial charge on any atom is 0.221 e. The van der Waals surface area contributed by atoms with E-state index in [0.29, 0.717) is 27.1 Å². The van der Waals surface area contributed by atoms with E-state index in [0.717, 1.165) is 0 Å². The van der Waals surface area contributed by atoms with Crippen molar-refractivity contribution in [2.45, 2.75) is 6.92 Å². The van der Waals surface area contributed by atoms with Gasteiger partial charge in [0, 0.05) is 0 Å². The molecule has 92 valence electrons. The Labute approximate surface area is 115 Å². The van der Waals surface area contributed by atoms with Gasteiger partial charge < -0.3 is 4.42 Å². The third-order valence-electron chi connectivity index (χ3n) is 2.38. The van der Waals surface area contributed by atoms with Crippen LogP contribution in [0.2, 0.25) is 10.0 Å². The van der Waals surface area contributed by atoms with Crippen molar-refractivity contribution in [1.82, 2.24) is 0 Å². The number of benzene rings is 1. The monoisotopic (exact) mass is 280 g/mol. The SMILES string of the molecule is Cc1ccc(C(=O)/C=C/c2cccc(Cl)c2Cl)o1. The summed E-state index contributed by atoms with van der Waals surface area (Å²) in [5.41, 5.74) is 0.695. The van der Waals surface area contributed by atoms with Gasteiger partial charge in [-0.15, -0.1) is 0 Å². The lowest BCUT2D eigenvalue weighted by Gasteiger charge is -1.99. The van der Waals surface area contributed by atoms with E-state index in [1.165, 1.54) is 6.08 Å². The van der Waals surface area contributed by atoms with E-state index in [1.54, 1.807) is 43.3 Å². The van der Waals surface area contributed by atoms with Crippen molar-refractivity contribution in [3.63, 3.8) is 0 Å². The van der Waals surface area contributed by atoms with Gasteiger partial charge in [-0.2, -0.15) is 0 Å². The second-order valence-electron chi connectivity index (χ2n) is 3.75. The second kappa shape index (κ2) is 5.42. The summed E-state index contributed by atoms with van der Waals surface area (Å²) < 4.78 is 5.23. The lowest BCUT2D eigenvalue weighted by molar-refractivity contribution is 0.102. The predicted octanol–water partition coefficient (Wildman–Crippen LogP) is 4.79. The zero-order chi connectivity index (χ0) is 13.1. The molecule has 0 radical (unpaired) electrons. The van der Waals surface area contributed by atoms with Gasteiger partial charge in [0.25, 0.3) is 0 Å². The van der Waals surface area contributed by atoms with Crippen molar-refractivity contribution >= 4 is 35.1 Å². The minimum absolute atomic E-state index is 0.209. The lowest BCUT2D eigenvalue weighted by atomic mass is 10.2. The molecule has 18 heavy (non-hydrogen) atoms. The number of furan rings is 1. The van der Waals surface area contributed by atoms with Crippen LogP contribution in [0, 0.1) is 6.92 Å². The molecule has 1 heterocycles. The van der Waals surface area contributed by atoms with Crippen LogP contribution in [0.25, 0.3) is 6.08 Å². The number of ketones is 1. The molecule has 0 aliphatic heterocycles. The molecule has 2 nitrogen and oxygen atoms in total. The number of hydrogen-bond acceptors (Lipinski definition) is 2. The lowest BCUT2D eigenvalue weighted by Crippen LogP contribution is -1.90. The van der Waals surface area contributed by atoms with Crippen LogP contribution in [-0.2, 0) is 0 Å². The molecule has 0 spiro atoms. The Morgan fingerprint density at radius 2 is 2.00 bits per heavy atom. The molecule has 0 saturated carbocycles. The van der Waals surface area contributed by atoms with Crippen LogP contribution in [0.3, 0.4) is 0 Å². The molecule has 0 aliphatic carbocycles. The van der Waals surface area contributed by atoms with Gasteiger partial charge in [0.05, 0.1) is 10.0 Å². The predicted molar refractivity (Wildman–Crippen MR) is 73.3 cm³/mol. The van der Waals surface area contributed by atoms with Crippen LogP contribution in [0.1, 0.15) is 21.9 Å². The fourth-order valence-electron chi connectivity index (χ4n) is 1.46. The van der Waals surface area contributed by atoms with Gasteiger partial charge in [0.15, 0.2) is 5.76 Å². The van der Waals surface area contributed by atoms with Gasteiger partial charge in [-0.1, -0.05) is 35.3 Å². The summed E-state index contributed by atoms with van der Waals surface area (Å²) in [5.74, 6) is 0.800. The fraction of sp³-hybridized carbons (Fsp3) is 0.0714. The van der Waals surface area contributed by atoms with Gasteiger partial charge in [0.1, 0.15) is 5.76 Å². The number of allylic oxidation sites excluding steroid dienone is 1. The molecule has 0 unspecified atom stereocenters. The standard InChI is InChI=1S/C14H10Cl2O2/c1-9-5-8-13(18-9)12(17)7-6-10-3-2-4-11(15)14(10)16/h2-8H,1H3/b7-6+. The van der Waals surface area contributed by atoms with Crippen molar-refractivity contribution in [3.8, 4) is 0 Å². The van der Waals surface area contributed by atoms with Crippen LogP contribution in [-0.4, -0.2) is 5.78 Å². The Bertz CT molecular complexity index is 612. The van der Waals surface area contributed by atoms with Crippen LogP contribution < -0.4 is 0 Å². The number of aryl methyl sites for hydroxylation is 1. The molecule has 1 aromatic heterocycles. The maximum absolute atomic E-state index is 11.8. The van der Waals surface area contributed by atoms with E-state index < -0.39 is 0 Å². The first kappa shape index (κ1) is 12.9. The molecule has 2 rings (SSSR count). The van der Waals surface area contributed by atoms with E-state index in [2.05, 4.69) is 0 Å². The summed E-state index contributed by atoms with van der Waals surface area (Å²) >= 11 is 11.9. The molecule has 0 atom stereocenters. The minimum Gasteiger partial charge on any atom is -0.458 e. The van der Waals surface area contributed by atoms with E-state index >= 15 is 0 Å². The first-order chi connectivity index (χ1) is 8.58. The Morgan fingerprint density at radius 1 is 1.22 bits per heavy atom. The van der Waals surface area contributed by atoms with Crippen molar-refractivity contribution in [1.29, 1.82) is 0 Å². The molecule has 0 bridgehead atoms. The third-order valence-corrected chi connectivity index (χ3v) is 3.21. The summed E-state index contributed by atoms with van der Waals surface area (Å²) in [6.07, 6.45) is 3.03. The number of carbonyl (C=O) groups excluding carboxylic acids is 1. The number of rotatable bonds is 3. The average Bonchev–Trinajstić information content (AvgIpc) is 2.77. The van der Waals surface area contributed by atoms with Gasteiger partial charge in [-0.25, -0.2) is 0 Å². The van der Waals surface area contributed by atoms with Gasteiger partial charge in [-0.3, -0.25) is 4.79 Å². The number of hydrogen-bond donors (Lipinski definition) is 0. The summed E-state index contributed by atoms with van der Waals surface area (Å²) in [6, 6.07) is 8.63. The molecule has 0 aliphatic rings.